The highest BCUT2D eigenvalue weighted by Crippen LogP contribution is 2.12. The van der Waals surface area contributed by atoms with Crippen molar-refractivity contribution in [2.75, 3.05) is 14.1 Å². The molecule has 0 unspecified atom stereocenters. The molecular weight excluding hydrogens is 262 g/mol. The Morgan fingerprint density at radius 3 is 2.05 bits per heavy atom. The fourth-order valence-corrected chi connectivity index (χ4v) is 1.18. The third kappa shape index (κ3) is 7.10. The van der Waals surface area contributed by atoms with Crippen LogP contribution in [0.15, 0.2) is 4.99 Å². The molecule has 0 aliphatic heterocycles. The molecule has 19 heavy (non-hydrogen) atoms. The van der Waals surface area contributed by atoms with Gasteiger partial charge >= 0.3 is 6.09 Å². The van der Waals surface area contributed by atoms with Crippen molar-refractivity contribution in [3.63, 3.8) is 0 Å². The van der Waals surface area contributed by atoms with Crippen LogP contribution in [-0.4, -0.2) is 47.1 Å². The van der Waals surface area contributed by atoms with E-state index >= 15 is 0 Å². The third-order valence-corrected chi connectivity index (χ3v) is 2.86. The molecule has 0 aliphatic rings. The molecule has 1 N–H and O–H groups in total. The Morgan fingerprint density at radius 1 is 1.21 bits per heavy atom. The largest absolute Gasteiger partial charge is 0.444 e. The fourth-order valence-electron chi connectivity index (χ4n) is 0.999. The second kappa shape index (κ2) is 6.32. The van der Waals surface area contributed by atoms with Gasteiger partial charge in [0, 0.05) is 14.1 Å². The highest BCUT2D eigenvalue weighted by molar-refractivity contribution is 7.80. The number of carbonyl (C=O) groups excluding carboxylic acids is 1. The topological polar surface area (TPSA) is 53.9 Å². The number of hydrogen-bond donors (Lipinski definition) is 1. The number of rotatable bonds is 2. The van der Waals surface area contributed by atoms with Gasteiger partial charge in [-0.15, -0.1) is 0 Å². The van der Waals surface area contributed by atoms with Gasteiger partial charge in [-0.05, 0) is 41.5 Å². The Labute approximate surface area is 121 Å². The second-order valence-electron chi connectivity index (χ2n) is 6.11. The number of nitrogens with one attached hydrogen (secondary N) is 1. The molecule has 0 saturated carbocycles. The predicted molar refractivity (Wildman–Crippen MR) is 82.8 cm³/mol. The molecule has 0 aromatic heterocycles. The minimum atomic E-state index is -0.741. The number of thiocarbonyl (C=S) groups is 1. The van der Waals surface area contributed by atoms with Gasteiger partial charge in [-0.3, -0.25) is 0 Å². The maximum absolute atomic E-state index is 11.7. The lowest BCUT2D eigenvalue weighted by Gasteiger charge is -2.28. The van der Waals surface area contributed by atoms with Gasteiger partial charge in [-0.1, -0.05) is 12.2 Å². The number of amides is 1. The minimum Gasteiger partial charge on any atom is -0.444 e. The monoisotopic (exact) mass is 287 g/mol. The molecule has 0 rings (SSSR count). The number of alkyl carbamates (subject to hydrolysis) is 1. The van der Waals surface area contributed by atoms with Gasteiger partial charge < -0.3 is 15.0 Å². The zero-order valence-electron chi connectivity index (χ0n) is 13.1. The zero-order chi connectivity index (χ0) is 15.4. The van der Waals surface area contributed by atoms with E-state index in [2.05, 4.69) is 10.3 Å². The van der Waals surface area contributed by atoms with Crippen molar-refractivity contribution in [3.8, 4) is 0 Å². The molecular formula is C13H25N3O2S. The van der Waals surface area contributed by atoms with Crippen molar-refractivity contribution >= 4 is 29.1 Å². The average molecular weight is 287 g/mol. The number of aliphatic imine (C=N–C) groups is 1. The summed E-state index contributed by atoms with van der Waals surface area (Å²) in [5.74, 6) is 0.782. The van der Waals surface area contributed by atoms with Crippen molar-refractivity contribution in [3.05, 3.63) is 0 Å². The van der Waals surface area contributed by atoms with Crippen LogP contribution in [0.3, 0.4) is 0 Å². The first kappa shape index (κ1) is 17.8. The van der Waals surface area contributed by atoms with Gasteiger partial charge in [0.1, 0.15) is 16.4 Å². The van der Waals surface area contributed by atoms with Crippen molar-refractivity contribution in [1.82, 2.24) is 10.2 Å². The van der Waals surface area contributed by atoms with Crippen LogP contribution in [0, 0.1) is 0 Å². The lowest BCUT2D eigenvalue weighted by molar-refractivity contribution is 0.0497. The number of hydrogen-bond acceptors (Lipinski definition) is 3. The third-order valence-electron chi connectivity index (χ3n) is 2.26. The summed E-state index contributed by atoms with van der Waals surface area (Å²) in [6, 6.07) is 0. The van der Waals surface area contributed by atoms with Crippen molar-refractivity contribution in [1.29, 1.82) is 0 Å². The van der Waals surface area contributed by atoms with Gasteiger partial charge in [-0.25, -0.2) is 9.79 Å². The standard InChI is InChI=1S/C13H25N3O2S/c1-9(16(7)8)14-10(19)13(5,6)15-11(17)18-12(2,3)4/h1-8H3,(H,15,17). The van der Waals surface area contributed by atoms with Crippen LogP contribution in [0.1, 0.15) is 41.5 Å². The highest BCUT2D eigenvalue weighted by Gasteiger charge is 2.28. The van der Waals surface area contributed by atoms with Crippen LogP contribution in [0.2, 0.25) is 0 Å². The van der Waals surface area contributed by atoms with Gasteiger partial charge in [-0.2, -0.15) is 0 Å². The van der Waals surface area contributed by atoms with Crippen molar-refractivity contribution in [2.45, 2.75) is 52.7 Å². The smallest absolute Gasteiger partial charge is 0.408 e. The first-order valence-corrected chi connectivity index (χ1v) is 6.54. The molecule has 0 radical (unpaired) electrons. The van der Waals surface area contributed by atoms with E-state index in [1.165, 1.54) is 0 Å². The average Bonchev–Trinajstić information content (AvgIpc) is 2.12. The van der Waals surface area contributed by atoms with Crippen LogP contribution in [-0.2, 0) is 4.74 Å². The van der Waals surface area contributed by atoms with Crippen LogP contribution >= 0.6 is 12.2 Å². The van der Waals surface area contributed by atoms with Gasteiger partial charge in [0.25, 0.3) is 0 Å². The molecule has 0 heterocycles. The zero-order valence-corrected chi connectivity index (χ0v) is 13.9. The predicted octanol–water partition coefficient (Wildman–Crippen LogP) is 2.60. The van der Waals surface area contributed by atoms with E-state index in [4.69, 9.17) is 17.0 Å². The van der Waals surface area contributed by atoms with Crippen LogP contribution in [0.4, 0.5) is 4.79 Å². The minimum absolute atomic E-state index is 0.407. The number of ether oxygens (including phenoxy) is 1. The lowest BCUT2D eigenvalue weighted by Crippen LogP contribution is -2.50. The Kier molecular flexibility index (Phi) is 5.93. The Morgan fingerprint density at radius 2 is 1.68 bits per heavy atom. The molecule has 1 amide bonds. The van der Waals surface area contributed by atoms with E-state index in [0.29, 0.717) is 4.99 Å². The van der Waals surface area contributed by atoms with Crippen LogP contribution in [0.5, 0.6) is 0 Å². The number of nitrogens with zero attached hydrogens (tertiary/aromatic N) is 2. The molecule has 0 aliphatic carbocycles. The van der Waals surface area contributed by atoms with Gasteiger partial charge in [0.2, 0.25) is 0 Å². The summed E-state index contributed by atoms with van der Waals surface area (Å²) in [6.07, 6.45) is -0.502. The van der Waals surface area contributed by atoms with E-state index < -0.39 is 17.2 Å². The Bertz CT molecular complexity index is 382. The summed E-state index contributed by atoms with van der Waals surface area (Å²) in [4.78, 5) is 18.3. The summed E-state index contributed by atoms with van der Waals surface area (Å²) in [5.41, 5.74) is -1.28. The van der Waals surface area contributed by atoms with E-state index in [9.17, 15) is 4.79 Å². The molecule has 0 atom stereocenters. The first-order chi connectivity index (χ1) is 8.35. The van der Waals surface area contributed by atoms with E-state index in [0.717, 1.165) is 5.84 Å². The maximum Gasteiger partial charge on any atom is 0.408 e. The SMILES string of the molecule is CC(=NC(=S)C(C)(C)NC(=O)OC(C)(C)C)N(C)C. The lowest BCUT2D eigenvalue weighted by atomic mass is 10.1. The number of amidine groups is 1. The maximum atomic E-state index is 11.7. The molecule has 0 bridgehead atoms. The van der Waals surface area contributed by atoms with E-state index in [1.54, 1.807) is 13.8 Å². The second-order valence-corrected chi connectivity index (χ2v) is 6.50. The molecule has 0 aromatic carbocycles. The van der Waals surface area contributed by atoms with Crippen LogP contribution < -0.4 is 5.32 Å². The van der Waals surface area contributed by atoms with Crippen LogP contribution in [0.25, 0.3) is 0 Å². The molecule has 0 aromatic rings. The molecule has 110 valence electrons. The number of carbonyl (C=O) groups is 1. The van der Waals surface area contributed by atoms with E-state index in [-0.39, 0.29) is 0 Å². The molecule has 6 heteroatoms. The highest BCUT2D eigenvalue weighted by atomic mass is 32.1. The quantitative estimate of drug-likeness (QED) is 0.482. The summed E-state index contributed by atoms with van der Waals surface area (Å²) in [7, 11) is 3.77. The van der Waals surface area contributed by atoms with Crippen molar-refractivity contribution in [2.24, 2.45) is 4.99 Å². The summed E-state index contributed by atoms with van der Waals surface area (Å²) in [6.45, 7) is 10.9. The molecule has 5 nitrogen and oxygen atoms in total. The van der Waals surface area contributed by atoms with Gasteiger partial charge in [0.15, 0.2) is 0 Å². The Hall–Kier alpha value is -1.17. The molecule has 0 fully saturated rings. The summed E-state index contributed by atoms with van der Waals surface area (Å²) in [5, 5.41) is 2.73. The van der Waals surface area contributed by atoms with E-state index in [1.807, 2.05) is 46.7 Å². The Balaban J connectivity index is 4.76. The van der Waals surface area contributed by atoms with Gasteiger partial charge in [0.05, 0.1) is 5.54 Å². The summed E-state index contributed by atoms with van der Waals surface area (Å²) < 4.78 is 5.21. The fraction of sp³-hybridized carbons (Fsp3) is 0.769. The molecule has 0 spiro atoms. The molecule has 0 saturated heterocycles. The van der Waals surface area contributed by atoms with Crippen molar-refractivity contribution < 1.29 is 9.53 Å². The summed E-state index contributed by atoms with van der Waals surface area (Å²) >= 11 is 5.26. The normalized spacial score (nSPS) is 12.9. The first-order valence-electron chi connectivity index (χ1n) is 6.13.